The summed E-state index contributed by atoms with van der Waals surface area (Å²) in [5, 5.41) is 5.57. The number of fused-ring (bicyclic) bond motifs is 1. The van der Waals surface area contributed by atoms with E-state index >= 15 is 0 Å². The molecule has 0 saturated carbocycles. The lowest BCUT2D eigenvalue weighted by atomic mass is 10.00. The van der Waals surface area contributed by atoms with Gasteiger partial charge in [-0.15, -0.1) is 0 Å². The number of hydrogen-bond acceptors (Lipinski definition) is 2. The number of Topliss-reactive ketones (excluding diaryl/α,β-unsaturated/α-hetero) is 1. The molecule has 2 aromatic carbocycles. The van der Waals surface area contributed by atoms with Gasteiger partial charge in [-0.3, -0.25) is 4.79 Å². The van der Waals surface area contributed by atoms with Crippen LogP contribution in [0.3, 0.4) is 0 Å². The van der Waals surface area contributed by atoms with Crippen molar-refractivity contribution in [1.29, 1.82) is 0 Å². The summed E-state index contributed by atoms with van der Waals surface area (Å²) in [4.78, 5) is 12.2. The number of rotatable bonds is 2. The topological polar surface area (TPSA) is 29.1 Å². The van der Waals surface area contributed by atoms with Gasteiger partial charge in [-0.05, 0) is 36.2 Å². The van der Waals surface area contributed by atoms with Crippen molar-refractivity contribution >= 4 is 16.6 Å². The van der Waals surface area contributed by atoms with Crippen LogP contribution in [0.4, 0.5) is 0 Å². The quantitative estimate of drug-likeness (QED) is 0.796. The molecule has 1 atom stereocenters. The van der Waals surface area contributed by atoms with Crippen molar-refractivity contribution in [3.8, 4) is 0 Å². The molecule has 17 heavy (non-hydrogen) atoms. The minimum absolute atomic E-state index is 0.0242. The second-order valence-corrected chi connectivity index (χ2v) is 4.58. The van der Waals surface area contributed by atoms with Gasteiger partial charge in [0.1, 0.15) is 0 Å². The lowest BCUT2D eigenvalue weighted by Gasteiger charge is -2.09. The predicted molar refractivity (Wildman–Crippen MR) is 69.3 cm³/mol. The zero-order valence-corrected chi connectivity index (χ0v) is 9.65. The van der Waals surface area contributed by atoms with Crippen LogP contribution >= 0.6 is 0 Å². The van der Waals surface area contributed by atoms with E-state index in [2.05, 4.69) is 11.4 Å². The summed E-state index contributed by atoms with van der Waals surface area (Å²) >= 11 is 0. The van der Waals surface area contributed by atoms with Crippen LogP contribution in [0.1, 0.15) is 23.2 Å². The fraction of sp³-hybridized carbons (Fsp3) is 0.267. The minimum atomic E-state index is 0.0242. The molecular formula is C15H15NO. The van der Waals surface area contributed by atoms with Crippen molar-refractivity contribution < 1.29 is 4.79 Å². The van der Waals surface area contributed by atoms with Crippen LogP contribution in [0.5, 0.6) is 0 Å². The number of benzene rings is 2. The number of carbonyl (C=O) groups excluding carboxylic acids is 1. The summed E-state index contributed by atoms with van der Waals surface area (Å²) in [5.74, 6) is 0.230. The number of hydrogen-bond donors (Lipinski definition) is 1. The van der Waals surface area contributed by atoms with Crippen LogP contribution < -0.4 is 5.32 Å². The third-order valence-electron chi connectivity index (χ3n) is 3.41. The smallest absolute Gasteiger partial charge is 0.179 e. The standard InChI is InChI=1S/C15H15NO/c17-15(14-6-3-9-16-14)13-8-7-11-4-1-2-5-12(11)10-13/h1-2,4-5,7-8,10,14,16H,3,6,9H2. The summed E-state index contributed by atoms with van der Waals surface area (Å²) < 4.78 is 0. The highest BCUT2D eigenvalue weighted by Crippen LogP contribution is 2.18. The van der Waals surface area contributed by atoms with E-state index in [1.165, 1.54) is 5.39 Å². The van der Waals surface area contributed by atoms with Gasteiger partial charge in [0.15, 0.2) is 5.78 Å². The van der Waals surface area contributed by atoms with Crippen LogP contribution in [0.15, 0.2) is 42.5 Å². The molecule has 0 aliphatic carbocycles. The van der Waals surface area contributed by atoms with Crippen LogP contribution in [0, 0.1) is 0 Å². The molecule has 1 fully saturated rings. The molecule has 1 aliphatic rings. The highest BCUT2D eigenvalue weighted by Gasteiger charge is 2.23. The van der Waals surface area contributed by atoms with Gasteiger partial charge in [-0.25, -0.2) is 0 Å². The Morgan fingerprint density at radius 2 is 1.94 bits per heavy atom. The van der Waals surface area contributed by atoms with Crippen molar-refractivity contribution in [2.75, 3.05) is 6.54 Å². The average Bonchev–Trinajstić information content (AvgIpc) is 2.91. The lowest BCUT2D eigenvalue weighted by Crippen LogP contribution is -2.30. The first-order chi connectivity index (χ1) is 8.34. The molecule has 1 unspecified atom stereocenters. The zero-order valence-electron chi connectivity index (χ0n) is 9.65. The number of carbonyl (C=O) groups is 1. The van der Waals surface area contributed by atoms with Crippen molar-refractivity contribution in [1.82, 2.24) is 5.32 Å². The third-order valence-corrected chi connectivity index (χ3v) is 3.41. The molecule has 0 radical (unpaired) electrons. The molecule has 1 saturated heterocycles. The highest BCUT2D eigenvalue weighted by molar-refractivity contribution is 6.03. The van der Waals surface area contributed by atoms with E-state index in [9.17, 15) is 4.79 Å². The van der Waals surface area contributed by atoms with Crippen molar-refractivity contribution in [3.05, 3.63) is 48.0 Å². The van der Waals surface area contributed by atoms with Gasteiger partial charge in [0, 0.05) is 5.56 Å². The van der Waals surface area contributed by atoms with Crippen molar-refractivity contribution in [3.63, 3.8) is 0 Å². The molecular weight excluding hydrogens is 210 g/mol. The maximum Gasteiger partial charge on any atom is 0.179 e. The summed E-state index contributed by atoms with van der Waals surface area (Å²) in [7, 11) is 0. The molecule has 2 nitrogen and oxygen atoms in total. The summed E-state index contributed by atoms with van der Waals surface area (Å²) in [6, 6.07) is 14.1. The van der Waals surface area contributed by atoms with Gasteiger partial charge < -0.3 is 5.32 Å². The first-order valence-electron chi connectivity index (χ1n) is 6.11. The van der Waals surface area contributed by atoms with E-state index in [0.29, 0.717) is 0 Å². The van der Waals surface area contributed by atoms with Gasteiger partial charge in [0.05, 0.1) is 6.04 Å². The Morgan fingerprint density at radius 3 is 2.71 bits per heavy atom. The molecule has 2 heteroatoms. The van der Waals surface area contributed by atoms with Gasteiger partial charge in [0.2, 0.25) is 0 Å². The molecule has 0 bridgehead atoms. The van der Waals surface area contributed by atoms with Gasteiger partial charge >= 0.3 is 0 Å². The molecule has 1 aliphatic heterocycles. The second-order valence-electron chi connectivity index (χ2n) is 4.58. The summed E-state index contributed by atoms with van der Waals surface area (Å²) in [6.07, 6.45) is 2.07. The number of ketones is 1. The Labute approximate surface area is 101 Å². The lowest BCUT2D eigenvalue weighted by molar-refractivity contribution is 0.0952. The van der Waals surface area contributed by atoms with Crippen molar-refractivity contribution in [2.45, 2.75) is 18.9 Å². The summed E-state index contributed by atoms with van der Waals surface area (Å²) in [6.45, 7) is 0.962. The molecule has 86 valence electrons. The second kappa shape index (κ2) is 4.30. The van der Waals surface area contributed by atoms with E-state index in [4.69, 9.17) is 0 Å². The van der Waals surface area contributed by atoms with E-state index < -0.39 is 0 Å². The highest BCUT2D eigenvalue weighted by atomic mass is 16.1. The van der Waals surface area contributed by atoms with Gasteiger partial charge in [-0.1, -0.05) is 36.4 Å². The van der Waals surface area contributed by atoms with E-state index in [-0.39, 0.29) is 11.8 Å². The maximum absolute atomic E-state index is 12.2. The first-order valence-corrected chi connectivity index (χ1v) is 6.11. The monoisotopic (exact) mass is 225 g/mol. The molecule has 0 aromatic heterocycles. The van der Waals surface area contributed by atoms with E-state index in [1.807, 2.05) is 36.4 Å². The van der Waals surface area contributed by atoms with E-state index in [0.717, 1.165) is 30.3 Å². The normalized spacial score (nSPS) is 19.6. The minimum Gasteiger partial charge on any atom is -0.307 e. The maximum atomic E-state index is 12.2. The van der Waals surface area contributed by atoms with E-state index in [1.54, 1.807) is 0 Å². The Balaban J connectivity index is 1.97. The first kappa shape index (κ1) is 10.5. The van der Waals surface area contributed by atoms with Crippen LogP contribution in [-0.2, 0) is 0 Å². The third kappa shape index (κ3) is 1.96. The molecule has 2 aromatic rings. The Morgan fingerprint density at radius 1 is 1.12 bits per heavy atom. The number of nitrogens with one attached hydrogen (secondary N) is 1. The Kier molecular flexibility index (Phi) is 2.65. The van der Waals surface area contributed by atoms with Gasteiger partial charge in [-0.2, -0.15) is 0 Å². The van der Waals surface area contributed by atoms with Gasteiger partial charge in [0.25, 0.3) is 0 Å². The Bertz CT molecular complexity index is 556. The zero-order chi connectivity index (χ0) is 11.7. The largest absolute Gasteiger partial charge is 0.307 e. The predicted octanol–water partition coefficient (Wildman–Crippen LogP) is 2.77. The molecule has 1 heterocycles. The molecule has 3 rings (SSSR count). The molecule has 0 amide bonds. The van der Waals surface area contributed by atoms with Crippen LogP contribution in [-0.4, -0.2) is 18.4 Å². The molecule has 1 N–H and O–H groups in total. The fourth-order valence-electron chi connectivity index (χ4n) is 2.45. The SMILES string of the molecule is O=C(c1ccc2ccccc2c1)C1CCCN1. The molecule has 0 spiro atoms. The van der Waals surface area contributed by atoms with Crippen molar-refractivity contribution in [2.24, 2.45) is 0 Å². The average molecular weight is 225 g/mol. The van der Waals surface area contributed by atoms with Crippen LogP contribution in [0.2, 0.25) is 0 Å². The summed E-state index contributed by atoms with van der Waals surface area (Å²) in [5.41, 5.74) is 0.822. The Hall–Kier alpha value is -1.67. The fourth-order valence-corrected chi connectivity index (χ4v) is 2.45. The van der Waals surface area contributed by atoms with Crippen LogP contribution in [0.25, 0.3) is 10.8 Å².